The summed E-state index contributed by atoms with van der Waals surface area (Å²) in [6, 6.07) is 5.57. The van der Waals surface area contributed by atoms with Crippen LogP contribution in [0.25, 0.3) is 0 Å². The van der Waals surface area contributed by atoms with Crippen LogP contribution in [0.2, 0.25) is 0 Å². The van der Waals surface area contributed by atoms with E-state index >= 15 is 0 Å². The van der Waals surface area contributed by atoms with Crippen molar-refractivity contribution in [3.8, 4) is 0 Å². The van der Waals surface area contributed by atoms with Gasteiger partial charge in [-0.2, -0.15) is 4.31 Å². The normalized spacial score (nSPS) is 20.9. The molecule has 6 heteroatoms. The summed E-state index contributed by atoms with van der Waals surface area (Å²) in [5.74, 6) is -0.537. The van der Waals surface area contributed by atoms with Crippen molar-refractivity contribution >= 4 is 16.0 Å². The first-order valence-electron chi connectivity index (χ1n) is 7.28. The lowest BCUT2D eigenvalue weighted by molar-refractivity contribution is 0.0696. The van der Waals surface area contributed by atoms with Gasteiger partial charge in [-0.15, -0.1) is 0 Å². The maximum absolute atomic E-state index is 12.6. The molecular weight excluding hydrogens is 290 g/mol. The molecule has 2 rings (SSSR count). The van der Waals surface area contributed by atoms with Gasteiger partial charge in [-0.1, -0.05) is 19.4 Å². The van der Waals surface area contributed by atoms with Crippen LogP contribution in [0.3, 0.4) is 0 Å². The predicted molar refractivity (Wildman–Crippen MR) is 79.8 cm³/mol. The van der Waals surface area contributed by atoms with E-state index in [-0.39, 0.29) is 10.5 Å². The van der Waals surface area contributed by atoms with Crippen molar-refractivity contribution in [3.63, 3.8) is 0 Å². The van der Waals surface area contributed by atoms with Crippen molar-refractivity contribution in [1.82, 2.24) is 4.31 Å². The zero-order chi connectivity index (χ0) is 15.5. The van der Waals surface area contributed by atoms with Gasteiger partial charge in [0.15, 0.2) is 0 Å². The number of hydrogen-bond donors (Lipinski definition) is 1. The zero-order valence-corrected chi connectivity index (χ0v) is 13.0. The molecule has 1 atom stereocenters. The number of benzene rings is 1. The van der Waals surface area contributed by atoms with Crippen LogP contribution in [0, 0.1) is 5.92 Å². The first-order valence-corrected chi connectivity index (χ1v) is 8.72. The molecule has 1 aliphatic heterocycles. The highest BCUT2D eigenvalue weighted by atomic mass is 32.2. The maximum Gasteiger partial charge on any atom is 0.335 e. The number of carboxylic acids is 1. The third-order valence-corrected chi connectivity index (χ3v) is 6.00. The molecule has 1 aliphatic rings. The van der Waals surface area contributed by atoms with E-state index in [0.29, 0.717) is 19.0 Å². The molecule has 1 aromatic carbocycles. The standard InChI is InChI=1S/C15H21NO4S/c1-2-12-5-4-9-16(10-8-12)21(19,20)14-7-3-6-13(11-14)15(17)18/h3,6-7,11-12H,2,4-5,8-10H2,1H3,(H,17,18). The molecule has 0 radical (unpaired) electrons. The summed E-state index contributed by atoms with van der Waals surface area (Å²) in [5.41, 5.74) is -0.00247. The van der Waals surface area contributed by atoms with E-state index in [9.17, 15) is 13.2 Å². The Kier molecular flexibility index (Phi) is 5.00. The van der Waals surface area contributed by atoms with E-state index in [1.54, 1.807) is 0 Å². The summed E-state index contributed by atoms with van der Waals surface area (Å²) in [6.07, 6.45) is 3.85. The molecule has 116 valence electrons. The Morgan fingerprint density at radius 2 is 2.10 bits per heavy atom. The molecule has 0 aliphatic carbocycles. The van der Waals surface area contributed by atoms with Gasteiger partial charge >= 0.3 is 5.97 Å². The Labute approximate surface area is 125 Å². The lowest BCUT2D eigenvalue weighted by atomic mass is 9.98. The van der Waals surface area contributed by atoms with E-state index in [2.05, 4.69) is 6.92 Å². The van der Waals surface area contributed by atoms with Gasteiger partial charge < -0.3 is 5.11 Å². The molecule has 0 aromatic heterocycles. The zero-order valence-electron chi connectivity index (χ0n) is 12.2. The van der Waals surface area contributed by atoms with Crippen LogP contribution in [0.5, 0.6) is 0 Å². The first-order chi connectivity index (χ1) is 9.95. The largest absolute Gasteiger partial charge is 0.478 e. The van der Waals surface area contributed by atoms with E-state index < -0.39 is 16.0 Å². The molecule has 1 aromatic rings. The Hall–Kier alpha value is -1.40. The molecule has 0 spiro atoms. The Bertz CT molecular complexity index is 612. The van der Waals surface area contributed by atoms with Crippen molar-refractivity contribution < 1.29 is 18.3 Å². The van der Waals surface area contributed by atoms with Crippen molar-refractivity contribution in [2.75, 3.05) is 13.1 Å². The van der Waals surface area contributed by atoms with E-state index in [1.807, 2.05) is 0 Å². The predicted octanol–water partition coefficient (Wildman–Crippen LogP) is 2.59. The molecule has 0 bridgehead atoms. The van der Waals surface area contributed by atoms with Gasteiger partial charge in [-0.3, -0.25) is 0 Å². The highest BCUT2D eigenvalue weighted by molar-refractivity contribution is 7.89. The highest BCUT2D eigenvalue weighted by Crippen LogP contribution is 2.25. The average Bonchev–Trinajstić information content (AvgIpc) is 2.73. The Morgan fingerprint density at radius 3 is 2.76 bits per heavy atom. The third-order valence-electron chi connectivity index (χ3n) is 4.10. The van der Waals surface area contributed by atoms with Gasteiger partial charge in [-0.05, 0) is 43.4 Å². The van der Waals surface area contributed by atoms with Crippen LogP contribution >= 0.6 is 0 Å². The highest BCUT2D eigenvalue weighted by Gasteiger charge is 2.27. The van der Waals surface area contributed by atoms with E-state index in [0.717, 1.165) is 25.7 Å². The Morgan fingerprint density at radius 1 is 1.33 bits per heavy atom. The van der Waals surface area contributed by atoms with Gasteiger partial charge in [0, 0.05) is 13.1 Å². The Balaban J connectivity index is 2.25. The SMILES string of the molecule is CCC1CCCN(S(=O)(=O)c2cccc(C(=O)O)c2)CC1. The minimum absolute atomic E-state index is 0.00247. The van der Waals surface area contributed by atoms with Gasteiger partial charge in [0.2, 0.25) is 10.0 Å². The number of carbonyl (C=O) groups is 1. The molecule has 1 unspecified atom stereocenters. The lowest BCUT2D eigenvalue weighted by Crippen LogP contribution is -2.32. The second kappa shape index (κ2) is 6.58. The van der Waals surface area contributed by atoms with Crippen molar-refractivity contribution in [3.05, 3.63) is 29.8 Å². The maximum atomic E-state index is 12.6. The third kappa shape index (κ3) is 3.63. The quantitative estimate of drug-likeness (QED) is 0.927. The van der Waals surface area contributed by atoms with Crippen LogP contribution in [-0.2, 0) is 10.0 Å². The van der Waals surface area contributed by atoms with Crippen LogP contribution in [0.15, 0.2) is 29.2 Å². The first kappa shape index (κ1) is 16.0. The molecule has 1 fully saturated rings. The summed E-state index contributed by atoms with van der Waals surface area (Å²) in [5, 5.41) is 8.99. The second-order valence-corrected chi connectivity index (χ2v) is 7.38. The summed E-state index contributed by atoms with van der Waals surface area (Å²) < 4.78 is 26.8. The fourth-order valence-corrected chi connectivity index (χ4v) is 4.27. The molecule has 1 saturated heterocycles. The molecular formula is C15H21NO4S. The molecule has 5 nitrogen and oxygen atoms in total. The summed E-state index contributed by atoms with van der Waals surface area (Å²) in [6.45, 7) is 3.15. The van der Waals surface area contributed by atoms with E-state index in [4.69, 9.17) is 5.11 Å². The number of nitrogens with zero attached hydrogens (tertiary/aromatic N) is 1. The number of sulfonamides is 1. The van der Waals surface area contributed by atoms with Gasteiger partial charge in [0.05, 0.1) is 10.5 Å². The summed E-state index contributed by atoms with van der Waals surface area (Å²) >= 11 is 0. The lowest BCUT2D eigenvalue weighted by Gasteiger charge is -2.20. The van der Waals surface area contributed by atoms with Crippen molar-refractivity contribution in [2.45, 2.75) is 37.5 Å². The molecule has 0 saturated carbocycles. The van der Waals surface area contributed by atoms with Crippen LogP contribution in [0.1, 0.15) is 43.0 Å². The summed E-state index contributed by atoms with van der Waals surface area (Å²) in [7, 11) is -3.60. The van der Waals surface area contributed by atoms with Crippen LogP contribution in [-0.4, -0.2) is 36.9 Å². The average molecular weight is 311 g/mol. The fraction of sp³-hybridized carbons (Fsp3) is 0.533. The number of hydrogen-bond acceptors (Lipinski definition) is 3. The van der Waals surface area contributed by atoms with Gasteiger partial charge in [0.1, 0.15) is 0 Å². The van der Waals surface area contributed by atoms with Crippen molar-refractivity contribution in [1.29, 1.82) is 0 Å². The summed E-state index contributed by atoms with van der Waals surface area (Å²) in [4.78, 5) is 11.1. The minimum Gasteiger partial charge on any atom is -0.478 e. The number of carboxylic acid groups (broad SMARTS) is 1. The number of aromatic carboxylic acids is 1. The van der Waals surface area contributed by atoms with E-state index in [1.165, 1.54) is 28.6 Å². The topological polar surface area (TPSA) is 74.7 Å². The van der Waals surface area contributed by atoms with Crippen LogP contribution in [0.4, 0.5) is 0 Å². The molecule has 1 heterocycles. The number of rotatable bonds is 4. The second-order valence-electron chi connectivity index (χ2n) is 5.44. The van der Waals surface area contributed by atoms with Gasteiger partial charge in [-0.25, -0.2) is 13.2 Å². The van der Waals surface area contributed by atoms with Gasteiger partial charge in [0.25, 0.3) is 0 Å². The smallest absolute Gasteiger partial charge is 0.335 e. The molecule has 21 heavy (non-hydrogen) atoms. The molecule has 0 amide bonds. The monoisotopic (exact) mass is 311 g/mol. The fourth-order valence-electron chi connectivity index (χ4n) is 2.73. The molecule has 1 N–H and O–H groups in total. The van der Waals surface area contributed by atoms with Crippen LogP contribution < -0.4 is 0 Å². The van der Waals surface area contributed by atoms with Crippen molar-refractivity contribution in [2.24, 2.45) is 5.92 Å². The minimum atomic E-state index is -3.60.